The highest BCUT2D eigenvalue weighted by atomic mass is 19.4. The van der Waals surface area contributed by atoms with Crippen molar-refractivity contribution in [1.29, 1.82) is 0 Å². The molecule has 4 aromatic rings. The molecule has 0 saturated carbocycles. The van der Waals surface area contributed by atoms with Gasteiger partial charge in [0, 0.05) is 36.3 Å². The first-order chi connectivity index (χ1) is 16.1. The van der Waals surface area contributed by atoms with Crippen molar-refractivity contribution >= 4 is 17.6 Å². The number of nitrogens with one attached hydrogen (secondary N) is 1. The molecule has 0 spiro atoms. The molecule has 0 aromatic carbocycles. The lowest BCUT2D eigenvalue weighted by molar-refractivity contribution is -0.755. The molecule has 0 radical (unpaired) electrons. The number of aliphatic imine (C=N–C) groups is 1. The summed E-state index contributed by atoms with van der Waals surface area (Å²) in [4.78, 5) is 11.6. The van der Waals surface area contributed by atoms with E-state index in [0.29, 0.717) is 11.9 Å². The Morgan fingerprint density at radius 3 is 2.68 bits per heavy atom. The molecule has 10 nitrogen and oxygen atoms in total. The minimum atomic E-state index is -4.58. The van der Waals surface area contributed by atoms with Gasteiger partial charge in [0.1, 0.15) is 5.69 Å². The molecule has 0 amide bonds. The number of hydrogen-bond acceptors (Lipinski definition) is 7. The number of aromatic nitrogens is 6. The number of pyridine rings is 2. The average molecular weight is 472 g/mol. The van der Waals surface area contributed by atoms with Gasteiger partial charge < -0.3 is 10.4 Å². The number of hydrogen-bond donors (Lipinski definition) is 1. The maximum atomic E-state index is 12.8. The van der Waals surface area contributed by atoms with Gasteiger partial charge >= 0.3 is 12.1 Å². The van der Waals surface area contributed by atoms with Crippen LogP contribution in [0.3, 0.4) is 0 Å². The maximum Gasteiger partial charge on any atom is 0.417 e. The van der Waals surface area contributed by atoms with Crippen molar-refractivity contribution in [3.8, 4) is 11.1 Å². The molecule has 4 aromatic heterocycles. The number of alkyl halides is 3. The van der Waals surface area contributed by atoms with E-state index >= 15 is 0 Å². The van der Waals surface area contributed by atoms with Gasteiger partial charge in [0.15, 0.2) is 0 Å². The van der Waals surface area contributed by atoms with E-state index in [9.17, 15) is 18.3 Å². The first-order valence-corrected chi connectivity index (χ1v) is 9.97. The van der Waals surface area contributed by atoms with E-state index in [-0.39, 0.29) is 18.1 Å². The molecule has 1 N–H and O–H groups in total. The summed E-state index contributed by atoms with van der Waals surface area (Å²) in [6.07, 6.45) is 0.270. The summed E-state index contributed by atoms with van der Waals surface area (Å²) in [6.45, 7) is 4.18. The van der Waals surface area contributed by atoms with Crippen LogP contribution < -0.4 is 15.1 Å². The molecule has 0 aliphatic carbocycles. The van der Waals surface area contributed by atoms with Gasteiger partial charge in [0.05, 0.1) is 29.2 Å². The second-order valence-corrected chi connectivity index (χ2v) is 7.45. The molecule has 0 atom stereocenters. The molecule has 34 heavy (non-hydrogen) atoms. The lowest BCUT2D eigenvalue weighted by atomic mass is 10.1. The predicted molar refractivity (Wildman–Crippen MR) is 112 cm³/mol. The normalized spacial score (nSPS) is 12.2. The van der Waals surface area contributed by atoms with Crippen molar-refractivity contribution in [2.75, 3.05) is 5.32 Å². The van der Waals surface area contributed by atoms with Gasteiger partial charge in [0.25, 0.3) is 6.20 Å². The molecule has 4 rings (SSSR count). The van der Waals surface area contributed by atoms with Crippen molar-refractivity contribution in [3.05, 3.63) is 65.6 Å². The lowest BCUT2D eigenvalue weighted by Crippen LogP contribution is -2.35. The average Bonchev–Trinajstić information content (AvgIpc) is 3.31. The summed E-state index contributed by atoms with van der Waals surface area (Å²) in [7, 11) is 1.88. The first-order valence-electron chi connectivity index (χ1n) is 9.97. The van der Waals surface area contributed by atoms with Crippen LogP contribution in [0.5, 0.6) is 0 Å². The Labute approximate surface area is 191 Å². The van der Waals surface area contributed by atoms with Gasteiger partial charge in [-0.3, -0.25) is 19.2 Å². The van der Waals surface area contributed by atoms with Crippen molar-refractivity contribution in [2.24, 2.45) is 12.0 Å². The highest BCUT2D eigenvalue weighted by molar-refractivity contribution is 5.86. The van der Waals surface area contributed by atoms with Crippen LogP contribution >= 0.6 is 0 Å². The molecule has 13 heteroatoms. The molecular weight excluding hydrogens is 453 g/mol. The predicted octanol–water partition coefficient (Wildman–Crippen LogP) is 2.30. The fraction of sp³-hybridized carbons (Fsp3) is 0.238. The summed E-state index contributed by atoms with van der Waals surface area (Å²) >= 11 is 0. The van der Waals surface area contributed by atoms with E-state index < -0.39 is 17.8 Å². The molecule has 0 fully saturated rings. The highest BCUT2D eigenvalue weighted by Crippen LogP contribution is 2.30. The first kappa shape index (κ1) is 22.9. The Bertz CT molecular complexity index is 1340. The Morgan fingerprint density at radius 1 is 1.24 bits per heavy atom. The standard InChI is InChI=1S/C21H19F3N8O2/c1-12-19(13(2)31(3)29-12)14-4-5-16(26-7-14)10-32-11-18(34-30-32)28-20(33)27-17-6-15(8-25-9-17)21(22,23)24/h4-9,11H,10H2,1-3H3,(H-,27,28,30,33). The van der Waals surface area contributed by atoms with Crippen LogP contribution in [-0.2, 0) is 19.8 Å². The Morgan fingerprint density at radius 2 is 2.03 bits per heavy atom. The van der Waals surface area contributed by atoms with Gasteiger partial charge in [-0.2, -0.15) is 18.3 Å². The van der Waals surface area contributed by atoms with Crippen LogP contribution in [0, 0.1) is 13.8 Å². The van der Waals surface area contributed by atoms with Crippen molar-refractivity contribution in [2.45, 2.75) is 26.6 Å². The Hall–Kier alpha value is -4.29. The van der Waals surface area contributed by atoms with Crippen LogP contribution in [0.4, 0.5) is 24.7 Å². The number of anilines is 1. The molecule has 4 heterocycles. The van der Waals surface area contributed by atoms with Gasteiger partial charge in [-0.15, -0.1) is 0 Å². The van der Waals surface area contributed by atoms with E-state index in [2.05, 4.69) is 30.6 Å². The van der Waals surface area contributed by atoms with E-state index in [0.717, 1.165) is 34.8 Å². The summed E-state index contributed by atoms with van der Waals surface area (Å²) in [6, 6.07) is 3.59. The smallest absolute Gasteiger partial charge is 0.417 e. The summed E-state index contributed by atoms with van der Waals surface area (Å²) in [5.41, 5.74) is 3.45. The van der Waals surface area contributed by atoms with Crippen molar-refractivity contribution in [1.82, 2.24) is 25.0 Å². The second-order valence-electron chi connectivity index (χ2n) is 7.45. The zero-order chi connectivity index (χ0) is 24.5. The Kier molecular flexibility index (Phi) is 6.01. The van der Waals surface area contributed by atoms with Crippen molar-refractivity contribution in [3.63, 3.8) is 0 Å². The molecule has 0 bridgehead atoms. The zero-order valence-electron chi connectivity index (χ0n) is 18.3. The largest absolute Gasteiger partial charge is 0.846 e. The van der Waals surface area contributed by atoms with Crippen LogP contribution in [0.2, 0.25) is 0 Å². The van der Waals surface area contributed by atoms with Crippen LogP contribution in [0.1, 0.15) is 22.6 Å². The fourth-order valence-corrected chi connectivity index (χ4v) is 3.33. The highest BCUT2D eigenvalue weighted by Gasteiger charge is 2.31. The van der Waals surface area contributed by atoms with Crippen LogP contribution in [-0.4, -0.2) is 31.0 Å². The van der Waals surface area contributed by atoms with Gasteiger partial charge in [-0.05, 0) is 30.7 Å². The minimum absolute atomic E-state index is 0.129. The molecule has 176 valence electrons. The third-order valence-corrected chi connectivity index (χ3v) is 4.97. The minimum Gasteiger partial charge on any atom is -0.846 e. The second kappa shape index (κ2) is 8.92. The van der Waals surface area contributed by atoms with Crippen LogP contribution in [0.25, 0.3) is 11.1 Å². The van der Waals surface area contributed by atoms with E-state index in [1.54, 1.807) is 6.20 Å². The molecule has 0 aliphatic heterocycles. The topological polar surface area (TPSA) is 121 Å². The molecule has 0 saturated heterocycles. The summed E-state index contributed by atoms with van der Waals surface area (Å²) < 4.78 is 46.5. The van der Waals surface area contributed by atoms with E-state index in [1.807, 2.05) is 37.7 Å². The lowest BCUT2D eigenvalue weighted by Gasteiger charge is -2.13. The monoisotopic (exact) mass is 472 g/mol. The third-order valence-electron chi connectivity index (χ3n) is 4.97. The van der Waals surface area contributed by atoms with Gasteiger partial charge in [-0.1, -0.05) is 6.07 Å². The van der Waals surface area contributed by atoms with Crippen LogP contribution in [0.15, 0.2) is 52.5 Å². The SMILES string of the molecule is Cc1nn(C)c(C)c1-c1ccc(C[n+]2cc(N=C([O-])Nc3cncc(C(F)(F)F)c3)on2)nc1. The number of halogens is 3. The number of amidine groups is 1. The maximum absolute atomic E-state index is 12.8. The van der Waals surface area contributed by atoms with Gasteiger partial charge in [-0.25, -0.2) is 4.99 Å². The molecular formula is C21H19F3N8O2. The molecule has 0 aliphatic rings. The van der Waals surface area contributed by atoms with E-state index in [1.165, 1.54) is 10.9 Å². The third kappa shape index (κ3) is 5.03. The summed E-state index contributed by atoms with van der Waals surface area (Å²) in [5, 5.41) is 22.4. The Balaban J connectivity index is 1.43. The summed E-state index contributed by atoms with van der Waals surface area (Å²) in [5.74, 6) is -0.129. The van der Waals surface area contributed by atoms with E-state index in [4.69, 9.17) is 4.52 Å². The van der Waals surface area contributed by atoms with Gasteiger partial charge in [0.2, 0.25) is 11.8 Å². The molecule has 0 unspecified atom stereocenters. The number of aryl methyl sites for hydroxylation is 2. The number of rotatable bonds is 5. The quantitative estimate of drug-likeness (QED) is 0.269. The van der Waals surface area contributed by atoms with Crippen molar-refractivity contribution < 1.29 is 27.5 Å². The number of nitrogens with zero attached hydrogens (tertiary/aromatic N) is 7. The fourth-order valence-electron chi connectivity index (χ4n) is 3.33. The zero-order valence-corrected chi connectivity index (χ0v) is 18.3.